The molecule has 3 atom stereocenters. The SMILES string of the molecule is O=C(C1CC2CCC1N2)N(Cc1cccs1)C1CC1. The van der Waals surface area contributed by atoms with Crippen LogP contribution in [0.15, 0.2) is 17.5 Å². The van der Waals surface area contributed by atoms with Gasteiger partial charge in [-0.3, -0.25) is 4.79 Å². The van der Waals surface area contributed by atoms with E-state index in [0.717, 1.165) is 13.0 Å². The highest BCUT2D eigenvalue weighted by atomic mass is 32.1. The summed E-state index contributed by atoms with van der Waals surface area (Å²) in [5.41, 5.74) is 0. The van der Waals surface area contributed by atoms with E-state index in [-0.39, 0.29) is 5.92 Å². The van der Waals surface area contributed by atoms with Crippen LogP contribution in [0.3, 0.4) is 0 Å². The van der Waals surface area contributed by atoms with Crippen molar-refractivity contribution >= 4 is 17.2 Å². The molecule has 0 spiro atoms. The molecule has 1 aromatic rings. The highest BCUT2D eigenvalue weighted by Gasteiger charge is 2.46. The minimum atomic E-state index is 0.249. The van der Waals surface area contributed by atoms with E-state index in [1.54, 1.807) is 11.3 Å². The minimum absolute atomic E-state index is 0.249. The van der Waals surface area contributed by atoms with Crippen LogP contribution in [-0.4, -0.2) is 28.9 Å². The van der Waals surface area contributed by atoms with Gasteiger partial charge >= 0.3 is 0 Å². The van der Waals surface area contributed by atoms with Crippen LogP contribution in [-0.2, 0) is 11.3 Å². The van der Waals surface area contributed by atoms with Crippen LogP contribution in [0.25, 0.3) is 0 Å². The first-order valence-corrected chi connectivity index (χ1v) is 8.28. The van der Waals surface area contributed by atoms with Crippen LogP contribution < -0.4 is 5.32 Å². The molecule has 0 aromatic carbocycles. The summed E-state index contributed by atoms with van der Waals surface area (Å²) in [5, 5.41) is 5.69. The van der Waals surface area contributed by atoms with Crippen molar-refractivity contribution in [2.24, 2.45) is 5.92 Å². The average Bonchev–Trinajstić information content (AvgIpc) is 2.86. The predicted octanol–water partition coefficient (Wildman–Crippen LogP) is 2.38. The van der Waals surface area contributed by atoms with Crippen LogP contribution in [0.4, 0.5) is 0 Å². The van der Waals surface area contributed by atoms with E-state index in [4.69, 9.17) is 0 Å². The molecule has 3 unspecified atom stereocenters. The third-order valence-corrected chi connectivity index (χ3v) is 5.66. The fraction of sp³-hybridized carbons (Fsp3) is 0.667. The molecule has 1 saturated carbocycles. The van der Waals surface area contributed by atoms with Crippen LogP contribution in [0.5, 0.6) is 0 Å². The van der Waals surface area contributed by atoms with Crippen molar-refractivity contribution in [1.82, 2.24) is 10.2 Å². The van der Waals surface area contributed by atoms with Crippen molar-refractivity contribution < 1.29 is 4.79 Å². The van der Waals surface area contributed by atoms with Gasteiger partial charge in [0.1, 0.15) is 0 Å². The lowest BCUT2D eigenvalue weighted by Crippen LogP contribution is -2.41. The molecule has 3 aliphatic rings. The van der Waals surface area contributed by atoms with Crippen LogP contribution in [0.2, 0.25) is 0 Å². The second-order valence-electron chi connectivity index (χ2n) is 6.17. The van der Waals surface area contributed by atoms with E-state index >= 15 is 0 Å². The van der Waals surface area contributed by atoms with Crippen molar-refractivity contribution in [2.75, 3.05) is 0 Å². The average molecular weight is 276 g/mol. The highest BCUT2D eigenvalue weighted by Crippen LogP contribution is 2.37. The Morgan fingerprint density at radius 2 is 2.26 bits per heavy atom. The lowest BCUT2D eigenvalue weighted by atomic mass is 9.88. The normalized spacial score (nSPS) is 32.7. The van der Waals surface area contributed by atoms with E-state index in [2.05, 4.69) is 27.7 Å². The largest absolute Gasteiger partial charge is 0.334 e. The zero-order chi connectivity index (χ0) is 12.8. The molecule has 2 aliphatic heterocycles. The Hall–Kier alpha value is -0.870. The molecule has 1 aromatic heterocycles. The van der Waals surface area contributed by atoms with Gasteiger partial charge in [0.05, 0.1) is 12.5 Å². The van der Waals surface area contributed by atoms with Crippen molar-refractivity contribution in [1.29, 1.82) is 0 Å². The highest BCUT2D eigenvalue weighted by molar-refractivity contribution is 7.09. The molecule has 19 heavy (non-hydrogen) atoms. The Kier molecular flexibility index (Phi) is 2.88. The molecule has 1 N–H and O–H groups in total. The summed E-state index contributed by atoms with van der Waals surface area (Å²) in [5.74, 6) is 0.662. The van der Waals surface area contributed by atoms with Gasteiger partial charge < -0.3 is 10.2 Å². The molecule has 3 heterocycles. The Morgan fingerprint density at radius 1 is 1.37 bits per heavy atom. The van der Waals surface area contributed by atoms with Gasteiger partial charge in [0.2, 0.25) is 5.91 Å². The number of nitrogens with zero attached hydrogens (tertiary/aromatic N) is 1. The van der Waals surface area contributed by atoms with Gasteiger partial charge in [-0.15, -0.1) is 11.3 Å². The second kappa shape index (κ2) is 4.60. The number of amides is 1. The number of carbonyl (C=O) groups excluding carboxylic acids is 1. The smallest absolute Gasteiger partial charge is 0.227 e. The van der Waals surface area contributed by atoms with Crippen LogP contribution in [0, 0.1) is 5.92 Å². The fourth-order valence-corrected chi connectivity index (χ4v) is 4.36. The number of rotatable bonds is 4. The van der Waals surface area contributed by atoms with E-state index in [1.807, 2.05) is 0 Å². The van der Waals surface area contributed by atoms with Crippen LogP contribution in [0.1, 0.15) is 37.0 Å². The third-order valence-electron chi connectivity index (χ3n) is 4.79. The van der Waals surface area contributed by atoms with Crippen molar-refractivity contribution in [3.05, 3.63) is 22.4 Å². The lowest BCUT2D eigenvalue weighted by molar-refractivity contribution is -0.137. The summed E-state index contributed by atoms with van der Waals surface area (Å²) in [6, 6.07) is 5.82. The summed E-state index contributed by atoms with van der Waals surface area (Å²) >= 11 is 1.76. The Labute approximate surface area is 118 Å². The summed E-state index contributed by atoms with van der Waals surface area (Å²) in [6.45, 7) is 0.828. The third kappa shape index (κ3) is 2.21. The molecule has 1 aliphatic carbocycles. The maximum absolute atomic E-state index is 12.8. The van der Waals surface area contributed by atoms with Gasteiger partial charge in [-0.25, -0.2) is 0 Å². The summed E-state index contributed by atoms with van der Waals surface area (Å²) in [6.07, 6.45) is 5.93. The standard InChI is InChI=1S/C15H20N2OS/c18-15(13-8-10-3-6-14(13)16-10)17(11-4-5-11)9-12-2-1-7-19-12/h1-2,7,10-11,13-14,16H,3-6,8-9H2. The van der Waals surface area contributed by atoms with Gasteiger partial charge in [0.15, 0.2) is 0 Å². The Balaban J connectivity index is 1.49. The molecule has 2 bridgehead atoms. The number of fused-ring (bicyclic) bond motifs is 2. The molecule has 4 rings (SSSR count). The maximum Gasteiger partial charge on any atom is 0.227 e. The van der Waals surface area contributed by atoms with Crippen molar-refractivity contribution in [3.63, 3.8) is 0 Å². The molecule has 3 nitrogen and oxygen atoms in total. The zero-order valence-corrected chi connectivity index (χ0v) is 11.9. The van der Waals surface area contributed by atoms with Gasteiger partial charge in [0, 0.05) is 23.0 Å². The molecule has 0 radical (unpaired) electrons. The summed E-state index contributed by atoms with van der Waals surface area (Å²) < 4.78 is 0. The fourth-order valence-electron chi connectivity index (χ4n) is 3.65. The van der Waals surface area contributed by atoms with Crippen molar-refractivity contribution in [3.8, 4) is 0 Å². The monoisotopic (exact) mass is 276 g/mol. The lowest BCUT2D eigenvalue weighted by Gasteiger charge is -2.28. The van der Waals surface area contributed by atoms with E-state index in [1.165, 1.54) is 30.6 Å². The van der Waals surface area contributed by atoms with E-state index in [0.29, 0.717) is 24.0 Å². The minimum Gasteiger partial charge on any atom is -0.334 e. The topological polar surface area (TPSA) is 32.3 Å². The van der Waals surface area contributed by atoms with Crippen molar-refractivity contribution in [2.45, 2.75) is 56.8 Å². The Morgan fingerprint density at radius 3 is 2.84 bits per heavy atom. The molecule has 3 fully saturated rings. The number of thiophene rings is 1. The molecule has 102 valence electrons. The van der Waals surface area contributed by atoms with Gasteiger partial charge in [-0.1, -0.05) is 6.07 Å². The summed E-state index contributed by atoms with van der Waals surface area (Å²) in [4.78, 5) is 16.3. The molecular formula is C15H20N2OS. The Bertz CT molecular complexity index is 468. The summed E-state index contributed by atoms with van der Waals surface area (Å²) in [7, 11) is 0. The zero-order valence-electron chi connectivity index (χ0n) is 11.0. The molecular weight excluding hydrogens is 256 g/mol. The number of hydrogen-bond acceptors (Lipinski definition) is 3. The second-order valence-corrected chi connectivity index (χ2v) is 7.20. The molecule has 1 amide bonds. The first-order valence-electron chi connectivity index (χ1n) is 7.40. The van der Waals surface area contributed by atoms with E-state index < -0.39 is 0 Å². The number of hydrogen-bond donors (Lipinski definition) is 1. The quantitative estimate of drug-likeness (QED) is 0.916. The van der Waals surface area contributed by atoms with Crippen LogP contribution >= 0.6 is 11.3 Å². The molecule has 2 saturated heterocycles. The molecule has 4 heteroatoms. The number of carbonyl (C=O) groups is 1. The predicted molar refractivity (Wildman–Crippen MR) is 75.9 cm³/mol. The van der Waals surface area contributed by atoms with Gasteiger partial charge in [-0.05, 0) is 43.6 Å². The maximum atomic E-state index is 12.8. The number of nitrogens with one attached hydrogen (secondary N) is 1. The first-order chi connectivity index (χ1) is 9.31. The van der Waals surface area contributed by atoms with Gasteiger partial charge in [0.25, 0.3) is 0 Å². The van der Waals surface area contributed by atoms with E-state index in [9.17, 15) is 4.79 Å². The first kappa shape index (κ1) is 11.9. The van der Waals surface area contributed by atoms with Gasteiger partial charge in [-0.2, -0.15) is 0 Å².